The van der Waals surface area contributed by atoms with Crippen molar-refractivity contribution in [2.75, 3.05) is 0 Å². The molecular weight excluding hydrogens is 609 g/mol. The molecular formula is C46H26N4. The summed E-state index contributed by atoms with van der Waals surface area (Å²) in [7, 11) is 0. The number of para-hydroxylation sites is 2. The topological polar surface area (TPSA) is 35.1 Å². The Morgan fingerprint density at radius 3 is 1.82 bits per heavy atom. The second-order valence-corrected chi connectivity index (χ2v) is 13.3. The van der Waals surface area contributed by atoms with Gasteiger partial charge in [0.15, 0.2) is 0 Å². The summed E-state index contributed by atoms with van der Waals surface area (Å²) >= 11 is 0. The first kappa shape index (κ1) is 26.2. The number of aromatic nitrogens is 4. The van der Waals surface area contributed by atoms with E-state index in [-0.39, 0.29) is 0 Å². The summed E-state index contributed by atoms with van der Waals surface area (Å²) in [4.78, 5) is 11.0. The van der Waals surface area contributed by atoms with Crippen LogP contribution in [-0.4, -0.2) is 18.9 Å². The Hall–Kier alpha value is -6.78. The molecule has 0 aliphatic heterocycles. The third kappa shape index (κ3) is 3.25. The summed E-state index contributed by atoms with van der Waals surface area (Å²) < 4.78 is 4.77. The highest BCUT2D eigenvalue weighted by molar-refractivity contribution is 6.31. The van der Waals surface area contributed by atoms with Crippen LogP contribution in [0.2, 0.25) is 0 Å². The predicted octanol–water partition coefficient (Wildman–Crippen LogP) is 11.9. The van der Waals surface area contributed by atoms with E-state index in [4.69, 9.17) is 9.97 Å². The first-order valence-corrected chi connectivity index (χ1v) is 17.1. The van der Waals surface area contributed by atoms with Crippen LogP contribution < -0.4 is 0 Å². The van der Waals surface area contributed by atoms with Crippen molar-refractivity contribution in [2.45, 2.75) is 0 Å². The molecule has 50 heavy (non-hydrogen) atoms. The van der Waals surface area contributed by atoms with Gasteiger partial charge in [-0.1, -0.05) is 127 Å². The van der Waals surface area contributed by atoms with Crippen LogP contribution in [0.25, 0.3) is 110 Å². The van der Waals surface area contributed by atoms with Crippen LogP contribution in [0.15, 0.2) is 158 Å². The maximum absolute atomic E-state index is 5.54. The first-order valence-electron chi connectivity index (χ1n) is 17.1. The van der Waals surface area contributed by atoms with E-state index in [1.165, 1.54) is 59.6 Å². The maximum Gasteiger partial charge on any atom is 0.235 e. The minimum absolute atomic E-state index is 0.669. The highest BCUT2D eigenvalue weighted by atomic mass is 15.2. The van der Waals surface area contributed by atoms with Gasteiger partial charge in [0.05, 0.1) is 38.8 Å². The zero-order valence-electron chi connectivity index (χ0n) is 26.8. The van der Waals surface area contributed by atoms with Gasteiger partial charge in [0.2, 0.25) is 5.95 Å². The molecule has 0 atom stereocenters. The van der Waals surface area contributed by atoms with E-state index in [2.05, 4.69) is 167 Å². The van der Waals surface area contributed by atoms with Gasteiger partial charge in [-0.3, -0.25) is 4.57 Å². The normalized spacial score (nSPS) is 12.4. The smallest absolute Gasteiger partial charge is 0.235 e. The zero-order chi connectivity index (χ0) is 32.5. The van der Waals surface area contributed by atoms with Gasteiger partial charge in [-0.25, -0.2) is 9.97 Å². The molecule has 230 valence electrons. The summed E-state index contributed by atoms with van der Waals surface area (Å²) in [6, 6.07) is 56.9. The lowest BCUT2D eigenvalue weighted by Crippen LogP contribution is -2.04. The average molecular weight is 635 g/mol. The minimum atomic E-state index is 0.669. The highest BCUT2D eigenvalue weighted by Gasteiger charge is 2.24. The third-order valence-electron chi connectivity index (χ3n) is 10.8. The summed E-state index contributed by atoms with van der Waals surface area (Å²) in [6.45, 7) is 0. The minimum Gasteiger partial charge on any atom is -0.308 e. The standard InChI is InChI=1S/C46H26N4/c1-3-14-29-27(11-1)13-7-18-33(29)44-36-26-25-28-12-2-4-15-30(28)43(36)47-46(48-44)50-38-22-9-17-32-35-20-8-19-34-31-16-5-6-21-37(31)49(45(34)35)39-23-10-24-40(50)42(39)41(32)38/h1-26H. The van der Waals surface area contributed by atoms with Crippen molar-refractivity contribution in [3.05, 3.63) is 158 Å². The monoisotopic (exact) mass is 634 g/mol. The van der Waals surface area contributed by atoms with E-state index in [0.29, 0.717) is 5.95 Å². The van der Waals surface area contributed by atoms with Gasteiger partial charge in [-0.05, 0) is 51.9 Å². The van der Waals surface area contributed by atoms with Crippen LogP contribution in [0.4, 0.5) is 0 Å². The van der Waals surface area contributed by atoms with E-state index in [1.807, 2.05) is 0 Å². The zero-order valence-corrected chi connectivity index (χ0v) is 26.8. The van der Waals surface area contributed by atoms with Crippen molar-refractivity contribution in [2.24, 2.45) is 0 Å². The van der Waals surface area contributed by atoms with Crippen molar-refractivity contribution < 1.29 is 0 Å². The SMILES string of the molecule is c1ccc2c(-c3nc(-n4c5cccc6c7cccc8c9ccccc9n(c9cccc4c9c65)c78)nc4c3ccc3ccccc34)cccc2c1. The molecule has 4 heteroatoms. The molecule has 0 fully saturated rings. The maximum atomic E-state index is 5.54. The molecule has 0 amide bonds. The Balaban J connectivity index is 1.30. The fraction of sp³-hybridized carbons (Fsp3) is 0. The fourth-order valence-electron chi connectivity index (χ4n) is 8.79. The summed E-state index contributed by atoms with van der Waals surface area (Å²) in [6.07, 6.45) is 0. The average Bonchev–Trinajstić information content (AvgIpc) is 3.66. The van der Waals surface area contributed by atoms with E-state index < -0.39 is 0 Å². The number of hydrogen-bond acceptors (Lipinski definition) is 2. The van der Waals surface area contributed by atoms with Gasteiger partial charge < -0.3 is 4.40 Å². The molecule has 0 spiro atoms. The summed E-state index contributed by atoms with van der Waals surface area (Å²) in [5.74, 6) is 0.669. The van der Waals surface area contributed by atoms with Gasteiger partial charge in [0.25, 0.3) is 0 Å². The molecule has 0 saturated heterocycles. The van der Waals surface area contributed by atoms with Crippen LogP contribution in [0.3, 0.4) is 0 Å². The lowest BCUT2D eigenvalue weighted by atomic mass is 9.98. The van der Waals surface area contributed by atoms with Crippen LogP contribution in [0, 0.1) is 0 Å². The van der Waals surface area contributed by atoms with Crippen molar-refractivity contribution in [1.82, 2.24) is 18.9 Å². The van der Waals surface area contributed by atoms with Crippen molar-refractivity contribution in [3.8, 4) is 17.2 Å². The molecule has 0 radical (unpaired) electrons. The molecule has 4 aromatic heterocycles. The van der Waals surface area contributed by atoms with Gasteiger partial charge in [-0.15, -0.1) is 0 Å². The Kier molecular flexibility index (Phi) is 4.94. The number of hydrogen-bond donors (Lipinski definition) is 0. The van der Waals surface area contributed by atoms with Crippen LogP contribution in [0.5, 0.6) is 0 Å². The Labute approximate surface area is 285 Å². The Morgan fingerprint density at radius 1 is 0.360 bits per heavy atom. The second kappa shape index (κ2) is 9.43. The van der Waals surface area contributed by atoms with Gasteiger partial charge in [-0.2, -0.15) is 0 Å². The fourth-order valence-corrected chi connectivity index (χ4v) is 8.79. The molecule has 4 nitrogen and oxygen atoms in total. The number of benzene rings is 8. The molecule has 12 aromatic rings. The molecule has 8 aromatic carbocycles. The number of nitrogens with zero attached hydrogens (tertiary/aromatic N) is 4. The quantitative estimate of drug-likeness (QED) is 0.177. The van der Waals surface area contributed by atoms with Gasteiger partial charge in [0, 0.05) is 43.3 Å². The van der Waals surface area contributed by atoms with E-state index >= 15 is 0 Å². The summed E-state index contributed by atoms with van der Waals surface area (Å²) in [5, 5.41) is 13.1. The van der Waals surface area contributed by atoms with Gasteiger partial charge >= 0.3 is 0 Å². The van der Waals surface area contributed by atoms with Gasteiger partial charge in [0.1, 0.15) is 0 Å². The van der Waals surface area contributed by atoms with Crippen LogP contribution >= 0.6 is 0 Å². The molecule has 12 rings (SSSR count). The lowest BCUT2D eigenvalue weighted by Gasteiger charge is -2.14. The van der Waals surface area contributed by atoms with E-state index in [9.17, 15) is 0 Å². The number of rotatable bonds is 2. The Morgan fingerprint density at radius 2 is 0.940 bits per heavy atom. The van der Waals surface area contributed by atoms with E-state index in [1.54, 1.807) is 0 Å². The molecule has 0 N–H and O–H groups in total. The van der Waals surface area contributed by atoms with Crippen LogP contribution in [0.1, 0.15) is 0 Å². The molecule has 4 heterocycles. The largest absolute Gasteiger partial charge is 0.308 e. The molecule has 0 unspecified atom stereocenters. The van der Waals surface area contributed by atoms with Crippen molar-refractivity contribution in [1.29, 1.82) is 0 Å². The lowest BCUT2D eigenvalue weighted by molar-refractivity contribution is 1.02. The predicted molar refractivity (Wildman–Crippen MR) is 209 cm³/mol. The van der Waals surface area contributed by atoms with Crippen molar-refractivity contribution in [3.63, 3.8) is 0 Å². The number of fused-ring (bicyclic) bond motifs is 9. The first-order chi connectivity index (χ1) is 24.8. The molecule has 0 aliphatic carbocycles. The highest BCUT2D eigenvalue weighted by Crippen LogP contribution is 2.44. The second-order valence-electron chi connectivity index (χ2n) is 13.3. The van der Waals surface area contributed by atoms with Crippen LogP contribution in [-0.2, 0) is 0 Å². The molecule has 0 saturated carbocycles. The Bertz CT molecular complexity index is 3380. The van der Waals surface area contributed by atoms with Crippen molar-refractivity contribution >= 4 is 92.3 Å². The third-order valence-corrected chi connectivity index (χ3v) is 10.8. The van der Waals surface area contributed by atoms with E-state index in [0.717, 1.165) is 44.0 Å². The molecule has 0 aliphatic rings. The summed E-state index contributed by atoms with van der Waals surface area (Å²) in [5.41, 5.74) is 8.82. The molecule has 0 bridgehead atoms.